The van der Waals surface area contributed by atoms with E-state index >= 15 is 0 Å². The molecule has 3 heteroatoms. The standard InChI is InChI=1S/C15H15NOS/c1-11-7-6-10-14(16-12(2)18)15(11)17-13-8-4-3-5-9-13/h3-10H,1-2H3,(H,16,18). The molecule has 0 aliphatic rings. The maximum Gasteiger partial charge on any atom is 0.153 e. The first-order chi connectivity index (χ1) is 8.66. The second-order valence-corrected chi connectivity index (χ2v) is 4.66. The molecular weight excluding hydrogens is 242 g/mol. The number of rotatable bonds is 3. The molecule has 0 saturated carbocycles. The maximum atomic E-state index is 5.92. The molecular formula is C15H15NOS. The van der Waals surface area contributed by atoms with Gasteiger partial charge in [-0.15, -0.1) is 0 Å². The fraction of sp³-hybridized carbons (Fsp3) is 0.133. The van der Waals surface area contributed by atoms with E-state index in [0.717, 1.165) is 27.7 Å². The van der Waals surface area contributed by atoms with Crippen LogP contribution in [0.5, 0.6) is 11.5 Å². The average molecular weight is 257 g/mol. The van der Waals surface area contributed by atoms with E-state index in [9.17, 15) is 0 Å². The Morgan fingerprint density at radius 2 is 1.78 bits per heavy atom. The predicted molar refractivity (Wildman–Crippen MR) is 79.6 cm³/mol. The molecule has 2 aromatic carbocycles. The molecule has 0 aliphatic heterocycles. The Balaban J connectivity index is 2.34. The Kier molecular flexibility index (Phi) is 3.95. The monoisotopic (exact) mass is 257 g/mol. The third kappa shape index (κ3) is 3.08. The van der Waals surface area contributed by atoms with Crippen LogP contribution in [0.4, 0.5) is 5.69 Å². The van der Waals surface area contributed by atoms with Crippen molar-refractivity contribution in [3.05, 3.63) is 54.1 Å². The fourth-order valence-corrected chi connectivity index (χ4v) is 1.79. The van der Waals surface area contributed by atoms with E-state index < -0.39 is 0 Å². The molecule has 0 aromatic heterocycles. The van der Waals surface area contributed by atoms with E-state index in [2.05, 4.69) is 5.32 Å². The molecule has 0 saturated heterocycles. The van der Waals surface area contributed by atoms with E-state index in [1.54, 1.807) is 0 Å². The van der Waals surface area contributed by atoms with Crippen LogP contribution in [0.3, 0.4) is 0 Å². The third-order valence-corrected chi connectivity index (χ3v) is 2.59. The Morgan fingerprint density at radius 1 is 1.06 bits per heavy atom. The highest BCUT2D eigenvalue weighted by Crippen LogP contribution is 2.32. The van der Waals surface area contributed by atoms with Crippen molar-refractivity contribution in [2.75, 3.05) is 5.32 Å². The van der Waals surface area contributed by atoms with Crippen molar-refractivity contribution in [1.29, 1.82) is 0 Å². The molecule has 2 nitrogen and oxygen atoms in total. The molecule has 2 aromatic rings. The lowest BCUT2D eigenvalue weighted by Crippen LogP contribution is -2.05. The van der Waals surface area contributed by atoms with Gasteiger partial charge in [-0.05, 0) is 37.6 Å². The van der Waals surface area contributed by atoms with Gasteiger partial charge in [-0.2, -0.15) is 0 Å². The zero-order chi connectivity index (χ0) is 13.0. The first kappa shape index (κ1) is 12.6. The van der Waals surface area contributed by atoms with E-state index in [-0.39, 0.29) is 0 Å². The van der Waals surface area contributed by atoms with Crippen molar-refractivity contribution in [3.63, 3.8) is 0 Å². The van der Waals surface area contributed by atoms with Crippen LogP contribution in [0.2, 0.25) is 0 Å². The lowest BCUT2D eigenvalue weighted by molar-refractivity contribution is 0.481. The lowest BCUT2D eigenvalue weighted by atomic mass is 10.2. The molecule has 0 bridgehead atoms. The quantitative estimate of drug-likeness (QED) is 0.815. The molecule has 0 radical (unpaired) electrons. The minimum atomic E-state index is 0.721. The van der Waals surface area contributed by atoms with Crippen LogP contribution < -0.4 is 10.1 Å². The summed E-state index contributed by atoms with van der Waals surface area (Å²) in [5.41, 5.74) is 1.96. The second kappa shape index (κ2) is 5.65. The summed E-state index contributed by atoms with van der Waals surface area (Å²) in [6, 6.07) is 15.7. The molecule has 18 heavy (non-hydrogen) atoms. The van der Waals surface area contributed by atoms with Gasteiger partial charge in [-0.3, -0.25) is 0 Å². The smallest absolute Gasteiger partial charge is 0.153 e. The summed E-state index contributed by atoms with van der Waals surface area (Å²) in [4.78, 5) is 0.721. The lowest BCUT2D eigenvalue weighted by Gasteiger charge is -2.14. The van der Waals surface area contributed by atoms with Crippen molar-refractivity contribution in [3.8, 4) is 11.5 Å². The topological polar surface area (TPSA) is 21.3 Å². The molecule has 0 heterocycles. The summed E-state index contributed by atoms with van der Waals surface area (Å²) < 4.78 is 5.92. The van der Waals surface area contributed by atoms with Gasteiger partial charge in [-0.25, -0.2) is 0 Å². The van der Waals surface area contributed by atoms with Gasteiger partial charge in [0, 0.05) is 0 Å². The minimum absolute atomic E-state index is 0.721. The molecule has 0 unspecified atom stereocenters. The van der Waals surface area contributed by atoms with Crippen molar-refractivity contribution in [2.24, 2.45) is 0 Å². The molecule has 1 N–H and O–H groups in total. The molecule has 0 amide bonds. The van der Waals surface area contributed by atoms with Crippen molar-refractivity contribution < 1.29 is 4.74 Å². The number of hydrogen-bond acceptors (Lipinski definition) is 2. The van der Waals surface area contributed by atoms with Gasteiger partial charge in [0.15, 0.2) is 5.75 Å². The van der Waals surface area contributed by atoms with Gasteiger partial charge in [0.2, 0.25) is 0 Å². The SMILES string of the molecule is CC(=S)Nc1cccc(C)c1Oc1ccccc1. The fourth-order valence-electron chi connectivity index (χ4n) is 1.68. The predicted octanol–water partition coefficient (Wildman–Crippen LogP) is 4.55. The normalized spacial score (nSPS) is 9.89. The Hall–Kier alpha value is -1.87. The first-order valence-electron chi connectivity index (χ1n) is 5.77. The Labute approximate surface area is 113 Å². The van der Waals surface area contributed by atoms with Crippen LogP contribution in [0, 0.1) is 6.92 Å². The van der Waals surface area contributed by atoms with Gasteiger partial charge in [0.05, 0.1) is 10.7 Å². The first-order valence-corrected chi connectivity index (χ1v) is 6.18. The molecule has 0 aliphatic carbocycles. The van der Waals surface area contributed by atoms with E-state index in [4.69, 9.17) is 17.0 Å². The summed E-state index contributed by atoms with van der Waals surface area (Å²) in [7, 11) is 0. The zero-order valence-electron chi connectivity index (χ0n) is 10.4. The summed E-state index contributed by atoms with van der Waals surface area (Å²) in [5.74, 6) is 1.63. The van der Waals surface area contributed by atoms with Crippen molar-refractivity contribution >= 4 is 22.9 Å². The minimum Gasteiger partial charge on any atom is -0.455 e. The molecule has 0 fully saturated rings. The van der Waals surface area contributed by atoms with Crippen LogP contribution in [0.1, 0.15) is 12.5 Å². The highest BCUT2D eigenvalue weighted by molar-refractivity contribution is 7.80. The summed E-state index contributed by atoms with van der Waals surface area (Å²) in [6.45, 7) is 3.87. The number of para-hydroxylation sites is 2. The number of thiocarbonyl (C=S) groups is 1. The van der Waals surface area contributed by atoms with E-state index in [0.29, 0.717) is 0 Å². The number of aryl methyl sites for hydroxylation is 1. The molecule has 0 atom stereocenters. The average Bonchev–Trinajstić information content (AvgIpc) is 2.34. The van der Waals surface area contributed by atoms with Crippen LogP contribution in [0.15, 0.2) is 48.5 Å². The van der Waals surface area contributed by atoms with Gasteiger partial charge >= 0.3 is 0 Å². The summed E-state index contributed by atoms with van der Waals surface area (Å²) >= 11 is 5.08. The van der Waals surface area contributed by atoms with Gasteiger partial charge in [-0.1, -0.05) is 42.5 Å². The molecule has 2 rings (SSSR count). The highest BCUT2D eigenvalue weighted by Gasteiger charge is 2.08. The zero-order valence-corrected chi connectivity index (χ0v) is 11.3. The van der Waals surface area contributed by atoms with Gasteiger partial charge in [0.25, 0.3) is 0 Å². The summed E-state index contributed by atoms with van der Waals surface area (Å²) in [6.07, 6.45) is 0. The van der Waals surface area contributed by atoms with Crippen LogP contribution in [-0.4, -0.2) is 4.99 Å². The highest BCUT2D eigenvalue weighted by atomic mass is 32.1. The third-order valence-electron chi connectivity index (χ3n) is 2.49. The largest absolute Gasteiger partial charge is 0.455 e. The van der Waals surface area contributed by atoms with Crippen LogP contribution in [0.25, 0.3) is 0 Å². The Morgan fingerprint density at radius 3 is 2.44 bits per heavy atom. The molecule has 92 valence electrons. The number of nitrogens with one attached hydrogen (secondary N) is 1. The van der Waals surface area contributed by atoms with E-state index in [1.807, 2.05) is 62.4 Å². The maximum absolute atomic E-state index is 5.92. The van der Waals surface area contributed by atoms with Gasteiger partial charge in [0.1, 0.15) is 5.75 Å². The number of hydrogen-bond donors (Lipinski definition) is 1. The van der Waals surface area contributed by atoms with Crippen molar-refractivity contribution in [2.45, 2.75) is 13.8 Å². The second-order valence-electron chi connectivity index (χ2n) is 4.05. The number of anilines is 1. The van der Waals surface area contributed by atoms with E-state index in [1.165, 1.54) is 0 Å². The Bertz CT molecular complexity index is 552. The van der Waals surface area contributed by atoms with Crippen LogP contribution in [-0.2, 0) is 0 Å². The summed E-state index contributed by atoms with van der Waals surface area (Å²) in [5, 5.41) is 3.14. The van der Waals surface area contributed by atoms with Crippen molar-refractivity contribution in [1.82, 2.24) is 0 Å². The van der Waals surface area contributed by atoms with Gasteiger partial charge < -0.3 is 10.1 Å². The number of benzene rings is 2. The van der Waals surface area contributed by atoms with Crippen LogP contribution >= 0.6 is 12.2 Å². The number of ether oxygens (including phenoxy) is 1. The molecule has 0 spiro atoms.